The molecule has 0 saturated heterocycles. The van der Waals surface area contributed by atoms with Gasteiger partial charge in [0.2, 0.25) is 0 Å². The monoisotopic (exact) mass is 217 g/mol. The summed E-state index contributed by atoms with van der Waals surface area (Å²) in [4.78, 5) is 0. The van der Waals surface area contributed by atoms with Gasteiger partial charge < -0.3 is 6.15 Å². The minimum atomic E-state index is -3.29. The summed E-state index contributed by atoms with van der Waals surface area (Å²) >= 11 is 5.32. The van der Waals surface area contributed by atoms with Crippen molar-refractivity contribution in [1.29, 1.82) is 0 Å². The van der Waals surface area contributed by atoms with Crippen LogP contribution in [0.1, 0.15) is 19.8 Å². The summed E-state index contributed by atoms with van der Waals surface area (Å²) in [5.74, 6) is 0.380. The van der Waals surface area contributed by atoms with Crippen molar-refractivity contribution in [3.8, 4) is 0 Å². The van der Waals surface area contributed by atoms with E-state index in [1.807, 2.05) is 6.92 Å². The molecule has 76 valence electrons. The fraction of sp³-hybridized carbons (Fsp3) is 1.00. The first-order chi connectivity index (χ1) is 5.12. The Morgan fingerprint density at radius 3 is 2.42 bits per heavy atom. The Bertz CT molecular complexity index is 167. The van der Waals surface area contributed by atoms with Crippen LogP contribution < -0.4 is 6.15 Å². The summed E-state index contributed by atoms with van der Waals surface area (Å²) in [5, 5.41) is 0. The van der Waals surface area contributed by atoms with Crippen LogP contribution >= 0.6 is 11.6 Å². The third kappa shape index (κ3) is 8.26. The zero-order valence-corrected chi connectivity index (χ0v) is 8.83. The lowest BCUT2D eigenvalue weighted by atomic mass is 10.5. The lowest BCUT2D eigenvalue weighted by Gasteiger charge is -2.01. The van der Waals surface area contributed by atoms with Crippen LogP contribution in [0.3, 0.4) is 0 Å². The van der Waals surface area contributed by atoms with Crippen LogP contribution in [0.4, 0.5) is 0 Å². The molecule has 0 heterocycles. The fourth-order valence-electron chi connectivity index (χ4n) is 0.501. The van der Waals surface area contributed by atoms with Crippen LogP contribution in [0.5, 0.6) is 0 Å². The Balaban J connectivity index is 0. The van der Waals surface area contributed by atoms with E-state index in [1.165, 1.54) is 0 Å². The number of halogens is 1. The van der Waals surface area contributed by atoms with Crippen LogP contribution in [0.15, 0.2) is 0 Å². The summed E-state index contributed by atoms with van der Waals surface area (Å²) in [7, 11) is -3.29. The van der Waals surface area contributed by atoms with Gasteiger partial charge >= 0.3 is 0 Å². The molecule has 6 heteroatoms. The van der Waals surface area contributed by atoms with E-state index in [2.05, 4.69) is 4.18 Å². The molecule has 0 aliphatic heterocycles. The van der Waals surface area contributed by atoms with Crippen LogP contribution in [-0.4, -0.2) is 26.7 Å². The molecule has 0 bridgehead atoms. The van der Waals surface area contributed by atoms with Gasteiger partial charge in [-0.15, -0.1) is 11.6 Å². The highest BCUT2D eigenvalue weighted by Crippen LogP contribution is 1.98. The van der Waals surface area contributed by atoms with Gasteiger partial charge in [0.1, 0.15) is 0 Å². The predicted octanol–water partition coefficient (Wildman–Crippen LogP) is 1.53. The fourth-order valence-corrected chi connectivity index (χ4v) is 1.83. The van der Waals surface area contributed by atoms with Gasteiger partial charge in [0.15, 0.2) is 0 Å². The molecule has 0 fully saturated rings. The largest absolute Gasteiger partial charge is 0.344 e. The minimum Gasteiger partial charge on any atom is -0.344 e. The molecule has 0 atom stereocenters. The molecule has 0 aromatic rings. The topological polar surface area (TPSA) is 78.4 Å². The van der Waals surface area contributed by atoms with Crippen molar-refractivity contribution in [1.82, 2.24) is 6.15 Å². The highest BCUT2D eigenvalue weighted by atomic mass is 35.5. The second-order valence-electron chi connectivity index (χ2n) is 2.13. The van der Waals surface area contributed by atoms with Crippen molar-refractivity contribution < 1.29 is 12.6 Å². The normalized spacial score (nSPS) is 10.8. The molecule has 0 aliphatic rings. The van der Waals surface area contributed by atoms with Gasteiger partial charge in [-0.05, 0) is 12.8 Å². The molecule has 0 radical (unpaired) electrons. The third-order valence-electron chi connectivity index (χ3n) is 0.995. The average Bonchev–Trinajstić information content (AvgIpc) is 1.97. The number of hydrogen-bond acceptors (Lipinski definition) is 4. The van der Waals surface area contributed by atoms with E-state index < -0.39 is 10.1 Å². The van der Waals surface area contributed by atoms with Gasteiger partial charge in [-0.3, -0.25) is 4.18 Å². The van der Waals surface area contributed by atoms with E-state index in [0.717, 1.165) is 0 Å². The van der Waals surface area contributed by atoms with Crippen LogP contribution in [0.25, 0.3) is 0 Å². The summed E-state index contributed by atoms with van der Waals surface area (Å²) in [6, 6.07) is 0. The Labute approximate surface area is 79.0 Å². The number of rotatable bonds is 6. The van der Waals surface area contributed by atoms with Crippen molar-refractivity contribution >= 4 is 21.7 Å². The lowest BCUT2D eigenvalue weighted by Crippen LogP contribution is -2.11. The summed E-state index contributed by atoms with van der Waals surface area (Å²) in [6.45, 7) is 2.13. The Morgan fingerprint density at radius 1 is 1.42 bits per heavy atom. The maximum absolute atomic E-state index is 10.9. The van der Waals surface area contributed by atoms with Crippen molar-refractivity contribution in [3.63, 3.8) is 0 Å². The molecule has 0 spiro atoms. The Hall–Kier alpha value is 0.160. The molecule has 12 heavy (non-hydrogen) atoms. The van der Waals surface area contributed by atoms with E-state index in [-0.39, 0.29) is 18.5 Å². The van der Waals surface area contributed by atoms with Crippen LogP contribution in [0, 0.1) is 0 Å². The molecule has 3 N–H and O–H groups in total. The van der Waals surface area contributed by atoms with E-state index in [9.17, 15) is 8.42 Å². The van der Waals surface area contributed by atoms with Gasteiger partial charge in [-0.2, -0.15) is 8.42 Å². The first kappa shape index (κ1) is 14.7. The second-order valence-corrected chi connectivity index (χ2v) is 4.26. The third-order valence-corrected chi connectivity index (χ3v) is 2.58. The SMILES string of the molecule is CCCOS(=O)(=O)CCCCl.N. The Kier molecular flexibility index (Phi) is 9.53. The maximum atomic E-state index is 10.9. The van der Waals surface area contributed by atoms with Gasteiger partial charge in [-0.1, -0.05) is 6.92 Å². The van der Waals surface area contributed by atoms with Crippen molar-refractivity contribution in [3.05, 3.63) is 0 Å². The number of alkyl halides is 1. The summed E-state index contributed by atoms with van der Waals surface area (Å²) in [6.07, 6.45) is 1.16. The van der Waals surface area contributed by atoms with Gasteiger partial charge in [0.25, 0.3) is 10.1 Å². The first-order valence-electron chi connectivity index (χ1n) is 3.55. The van der Waals surface area contributed by atoms with E-state index in [0.29, 0.717) is 18.7 Å². The molecule has 0 aromatic carbocycles. The standard InChI is InChI=1S/C6H13ClO3S.H3N/c1-2-5-10-11(8,9)6-3-4-7;/h2-6H2,1H3;1H3. The molecular formula is C6H16ClNO3S. The highest BCUT2D eigenvalue weighted by Gasteiger charge is 2.08. The first-order valence-corrected chi connectivity index (χ1v) is 5.66. The molecule has 0 unspecified atom stereocenters. The lowest BCUT2D eigenvalue weighted by molar-refractivity contribution is 0.318. The van der Waals surface area contributed by atoms with E-state index in [4.69, 9.17) is 11.6 Å². The Morgan fingerprint density at radius 2 is 2.00 bits per heavy atom. The van der Waals surface area contributed by atoms with E-state index >= 15 is 0 Å². The minimum absolute atomic E-state index is 0. The second kappa shape index (κ2) is 7.79. The summed E-state index contributed by atoms with van der Waals surface area (Å²) in [5.41, 5.74) is 0. The summed E-state index contributed by atoms with van der Waals surface area (Å²) < 4.78 is 26.3. The van der Waals surface area contributed by atoms with Crippen molar-refractivity contribution in [2.75, 3.05) is 18.2 Å². The van der Waals surface area contributed by atoms with Crippen molar-refractivity contribution in [2.24, 2.45) is 0 Å². The highest BCUT2D eigenvalue weighted by molar-refractivity contribution is 7.86. The van der Waals surface area contributed by atoms with E-state index in [1.54, 1.807) is 0 Å². The molecule has 0 aromatic heterocycles. The van der Waals surface area contributed by atoms with Crippen LogP contribution in [0.2, 0.25) is 0 Å². The zero-order valence-electron chi connectivity index (χ0n) is 7.25. The molecule has 0 aliphatic carbocycles. The maximum Gasteiger partial charge on any atom is 0.267 e. The molecular weight excluding hydrogens is 202 g/mol. The number of hydrogen-bond donors (Lipinski definition) is 1. The van der Waals surface area contributed by atoms with Crippen LogP contribution in [-0.2, 0) is 14.3 Å². The molecule has 4 nitrogen and oxygen atoms in total. The van der Waals surface area contributed by atoms with Crippen molar-refractivity contribution in [2.45, 2.75) is 19.8 Å². The average molecular weight is 218 g/mol. The zero-order chi connectivity index (χ0) is 8.74. The predicted molar refractivity (Wildman–Crippen MR) is 50.4 cm³/mol. The van der Waals surface area contributed by atoms with Gasteiger partial charge in [0, 0.05) is 5.88 Å². The molecule has 0 rings (SSSR count). The quantitative estimate of drug-likeness (QED) is 0.541. The molecule has 0 amide bonds. The van der Waals surface area contributed by atoms with Gasteiger partial charge in [-0.25, -0.2) is 0 Å². The smallest absolute Gasteiger partial charge is 0.267 e. The molecule has 0 saturated carbocycles. The van der Waals surface area contributed by atoms with Gasteiger partial charge in [0.05, 0.1) is 12.4 Å².